The molecule has 0 heterocycles. The molecule has 0 saturated heterocycles. The highest BCUT2D eigenvalue weighted by atomic mass is 35.5. The molecule has 5 heteroatoms. The summed E-state index contributed by atoms with van der Waals surface area (Å²) in [6.07, 6.45) is 1.59. The number of methoxy groups -OCH3 is 1. The molecular weight excluding hydrogens is 343 g/mol. The SMILES string of the molecule is CCN(C)/C=N\c1cc(C)c(C(OC)c2ccc(Cl)cc2)cc1Cl. The minimum absolute atomic E-state index is 0.198. The van der Waals surface area contributed by atoms with Crippen LogP contribution in [0.3, 0.4) is 0 Å². The lowest BCUT2D eigenvalue weighted by molar-refractivity contribution is 0.136. The van der Waals surface area contributed by atoms with Crippen LogP contribution in [0.4, 0.5) is 5.69 Å². The second-order valence-electron chi connectivity index (χ2n) is 5.65. The van der Waals surface area contributed by atoms with Gasteiger partial charge in [0.25, 0.3) is 0 Å². The summed E-state index contributed by atoms with van der Waals surface area (Å²) in [5, 5.41) is 1.31. The molecule has 1 atom stereocenters. The van der Waals surface area contributed by atoms with E-state index in [-0.39, 0.29) is 6.10 Å². The number of hydrogen-bond donors (Lipinski definition) is 0. The van der Waals surface area contributed by atoms with Crippen molar-refractivity contribution in [1.29, 1.82) is 0 Å². The summed E-state index contributed by atoms with van der Waals surface area (Å²) in [5.74, 6) is 0. The number of rotatable bonds is 6. The van der Waals surface area contributed by atoms with Crippen molar-refractivity contribution in [3.05, 3.63) is 63.1 Å². The van der Waals surface area contributed by atoms with Gasteiger partial charge in [-0.05, 0) is 54.8 Å². The predicted molar refractivity (Wildman–Crippen MR) is 103 cm³/mol. The fourth-order valence-electron chi connectivity index (χ4n) is 2.39. The Labute approximate surface area is 153 Å². The molecule has 0 aliphatic heterocycles. The van der Waals surface area contributed by atoms with Crippen molar-refractivity contribution in [2.45, 2.75) is 20.0 Å². The molecule has 2 aromatic rings. The van der Waals surface area contributed by atoms with Crippen molar-refractivity contribution in [3.63, 3.8) is 0 Å². The molecule has 2 aromatic carbocycles. The highest BCUT2D eigenvalue weighted by Crippen LogP contribution is 2.35. The molecule has 0 spiro atoms. The summed E-state index contributed by atoms with van der Waals surface area (Å²) in [5.41, 5.74) is 3.88. The van der Waals surface area contributed by atoms with Gasteiger partial charge in [-0.3, -0.25) is 0 Å². The van der Waals surface area contributed by atoms with E-state index in [1.165, 1.54) is 0 Å². The molecule has 128 valence electrons. The van der Waals surface area contributed by atoms with Crippen LogP contribution in [0, 0.1) is 6.92 Å². The molecule has 0 amide bonds. The number of hydrogen-bond acceptors (Lipinski definition) is 2. The predicted octanol–water partition coefficient (Wildman–Crippen LogP) is 5.65. The van der Waals surface area contributed by atoms with Crippen LogP contribution in [0.1, 0.15) is 29.7 Å². The van der Waals surface area contributed by atoms with Gasteiger partial charge >= 0.3 is 0 Å². The Morgan fingerprint density at radius 2 is 1.88 bits per heavy atom. The van der Waals surface area contributed by atoms with E-state index >= 15 is 0 Å². The Hall–Kier alpha value is -1.55. The van der Waals surface area contributed by atoms with Crippen LogP contribution in [0.5, 0.6) is 0 Å². The average molecular weight is 365 g/mol. The van der Waals surface area contributed by atoms with E-state index in [0.717, 1.165) is 28.9 Å². The van der Waals surface area contributed by atoms with E-state index < -0.39 is 0 Å². The van der Waals surface area contributed by atoms with Crippen LogP contribution in [0.15, 0.2) is 41.4 Å². The standard InChI is InChI=1S/C19H22Cl2N2O/c1-5-23(3)12-22-18-10-13(2)16(11-17(18)21)19(24-4)14-6-8-15(20)9-7-14/h6-12,19H,5H2,1-4H3/b22-12-. The fraction of sp³-hybridized carbons (Fsp3) is 0.316. The quantitative estimate of drug-likeness (QED) is 0.488. The summed E-state index contributed by atoms with van der Waals surface area (Å²) < 4.78 is 5.71. The summed E-state index contributed by atoms with van der Waals surface area (Å²) in [4.78, 5) is 6.45. The maximum absolute atomic E-state index is 6.43. The molecule has 0 aliphatic carbocycles. The minimum atomic E-state index is -0.198. The largest absolute Gasteiger partial charge is 0.372 e. The lowest BCUT2D eigenvalue weighted by Gasteiger charge is -2.20. The first kappa shape index (κ1) is 18.8. The Morgan fingerprint density at radius 3 is 2.46 bits per heavy atom. The van der Waals surface area contributed by atoms with E-state index in [4.69, 9.17) is 27.9 Å². The van der Waals surface area contributed by atoms with Crippen molar-refractivity contribution in [3.8, 4) is 0 Å². The summed E-state index contributed by atoms with van der Waals surface area (Å²) in [7, 11) is 3.66. The first-order valence-electron chi connectivity index (χ1n) is 7.79. The van der Waals surface area contributed by atoms with Gasteiger partial charge in [0, 0.05) is 25.7 Å². The summed E-state index contributed by atoms with van der Waals surface area (Å²) in [6, 6.07) is 11.6. The monoisotopic (exact) mass is 364 g/mol. The normalized spacial score (nSPS) is 12.6. The third kappa shape index (κ3) is 4.50. The van der Waals surface area contributed by atoms with Gasteiger partial charge in [-0.25, -0.2) is 4.99 Å². The lowest BCUT2D eigenvalue weighted by Crippen LogP contribution is -2.14. The van der Waals surface area contributed by atoms with Crippen LogP contribution < -0.4 is 0 Å². The van der Waals surface area contributed by atoms with Crippen molar-refractivity contribution < 1.29 is 4.74 Å². The molecule has 0 aromatic heterocycles. The third-order valence-corrected chi connectivity index (χ3v) is 4.47. The molecule has 2 rings (SSSR count). The summed E-state index contributed by atoms with van der Waals surface area (Å²) >= 11 is 12.4. The summed E-state index contributed by atoms with van der Waals surface area (Å²) in [6.45, 7) is 4.99. The molecule has 0 bridgehead atoms. The van der Waals surface area contributed by atoms with Crippen molar-refractivity contribution in [2.24, 2.45) is 4.99 Å². The number of nitrogens with zero attached hydrogens (tertiary/aromatic N) is 2. The molecule has 24 heavy (non-hydrogen) atoms. The van der Waals surface area contributed by atoms with Crippen LogP contribution in [0.2, 0.25) is 10.0 Å². The van der Waals surface area contributed by atoms with Crippen molar-refractivity contribution >= 4 is 35.2 Å². The molecule has 0 aliphatic rings. The van der Waals surface area contributed by atoms with E-state index in [0.29, 0.717) is 10.0 Å². The van der Waals surface area contributed by atoms with Gasteiger partial charge in [-0.1, -0.05) is 35.3 Å². The van der Waals surface area contributed by atoms with Crippen LogP contribution in [-0.2, 0) is 4.74 Å². The third-order valence-electron chi connectivity index (χ3n) is 3.92. The Kier molecular flexibility index (Phi) is 6.67. The van der Waals surface area contributed by atoms with Crippen molar-refractivity contribution in [1.82, 2.24) is 4.90 Å². The lowest BCUT2D eigenvalue weighted by atomic mass is 9.97. The van der Waals surface area contributed by atoms with Gasteiger partial charge in [0.15, 0.2) is 0 Å². The zero-order valence-electron chi connectivity index (χ0n) is 14.4. The van der Waals surface area contributed by atoms with Gasteiger partial charge in [0.05, 0.1) is 17.0 Å². The molecular formula is C19H22Cl2N2O. The number of benzene rings is 2. The number of halogens is 2. The smallest absolute Gasteiger partial charge is 0.107 e. The van der Waals surface area contributed by atoms with Crippen molar-refractivity contribution in [2.75, 3.05) is 20.7 Å². The Balaban J connectivity index is 2.38. The fourth-order valence-corrected chi connectivity index (χ4v) is 2.73. The molecule has 1 unspecified atom stereocenters. The zero-order valence-corrected chi connectivity index (χ0v) is 15.9. The zero-order chi connectivity index (χ0) is 17.7. The van der Waals surface area contributed by atoms with Gasteiger partial charge < -0.3 is 9.64 Å². The first-order valence-corrected chi connectivity index (χ1v) is 8.54. The van der Waals surface area contributed by atoms with Crippen LogP contribution in [-0.4, -0.2) is 31.9 Å². The Bertz CT molecular complexity index is 714. The van der Waals surface area contributed by atoms with E-state index in [1.54, 1.807) is 13.4 Å². The average Bonchev–Trinajstić information content (AvgIpc) is 2.58. The topological polar surface area (TPSA) is 24.8 Å². The second-order valence-corrected chi connectivity index (χ2v) is 6.49. The number of aliphatic imine (C=N–C) groups is 1. The highest BCUT2D eigenvalue weighted by Gasteiger charge is 2.17. The van der Waals surface area contributed by atoms with E-state index in [1.807, 2.05) is 55.3 Å². The molecule has 0 saturated carbocycles. The van der Waals surface area contributed by atoms with Gasteiger partial charge in [0.2, 0.25) is 0 Å². The van der Waals surface area contributed by atoms with Crippen LogP contribution >= 0.6 is 23.2 Å². The Morgan fingerprint density at radius 1 is 1.21 bits per heavy atom. The molecule has 0 radical (unpaired) electrons. The van der Waals surface area contributed by atoms with Gasteiger partial charge in [-0.15, -0.1) is 0 Å². The maximum atomic E-state index is 6.43. The minimum Gasteiger partial charge on any atom is -0.372 e. The molecule has 0 fully saturated rings. The van der Waals surface area contributed by atoms with Gasteiger partial charge in [-0.2, -0.15) is 0 Å². The molecule has 3 nitrogen and oxygen atoms in total. The van der Waals surface area contributed by atoms with E-state index in [9.17, 15) is 0 Å². The number of ether oxygens (including phenoxy) is 1. The highest BCUT2D eigenvalue weighted by molar-refractivity contribution is 6.33. The molecule has 0 N–H and O–H groups in total. The number of aryl methyl sites for hydroxylation is 1. The van der Waals surface area contributed by atoms with Gasteiger partial charge in [0.1, 0.15) is 6.10 Å². The first-order chi connectivity index (χ1) is 11.5. The van der Waals surface area contributed by atoms with E-state index in [2.05, 4.69) is 11.9 Å². The second kappa shape index (κ2) is 8.52. The van der Waals surface area contributed by atoms with Crippen LogP contribution in [0.25, 0.3) is 0 Å². The maximum Gasteiger partial charge on any atom is 0.107 e.